The lowest BCUT2D eigenvalue weighted by atomic mass is 9.99. The van der Waals surface area contributed by atoms with Crippen LogP contribution in [0, 0.1) is 5.92 Å². The highest BCUT2D eigenvalue weighted by Crippen LogP contribution is 2.18. The molecule has 0 atom stereocenters. The van der Waals surface area contributed by atoms with E-state index in [1.165, 1.54) is 6.33 Å². The van der Waals surface area contributed by atoms with Crippen molar-refractivity contribution in [1.29, 1.82) is 0 Å². The number of anilines is 1. The number of aromatic nitrogens is 3. The van der Waals surface area contributed by atoms with Gasteiger partial charge in [0.25, 0.3) is 5.91 Å². The van der Waals surface area contributed by atoms with E-state index in [0.717, 1.165) is 31.5 Å². The molecular weight excluding hydrogens is 290 g/mol. The Morgan fingerprint density at radius 2 is 2.00 bits per heavy atom. The summed E-state index contributed by atoms with van der Waals surface area (Å²) in [7, 11) is 0. The Kier molecular flexibility index (Phi) is 4.80. The van der Waals surface area contributed by atoms with E-state index < -0.39 is 0 Å². The first-order valence-corrected chi connectivity index (χ1v) is 7.96. The minimum atomic E-state index is -0.00809. The van der Waals surface area contributed by atoms with Gasteiger partial charge in [0.15, 0.2) is 0 Å². The molecule has 3 heterocycles. The van der Waals surface area contributed by atoms with Crippen LogP contribution in [0.2, 0.25) is 0 Å². The van der Waals surface area contributed by atoms with Gasteiger partial charge in [0, 0.05) is 38.1 Å². The third-order valence-corrected chi connectivity index (χ3v) is 4.18. The summed E-state index contributed by atoms with van der Waals surface area (Å²) in [5, 5.41) is 3.22. The molecule has 0 bridgehead atoms. The number of hydrogen-bond donors (Lipinski definition) is 1. The zero-order chi connectivity index (χ0) is 16.1. The lowest BCUT2D eigenvalue weighted by molar-refractivity contribution is 0.0691. The molecular formula is C17H21N5O. The van der Waals surface area contributed by atoms with E-state index in [4.69, 9.17) is 0 Å². The van der Waals surface area contributed by atoms with Gasteiger partial charge in [-0.1, -0.05) is 6.92 Å². The highest BCUT2D eigenvalue weighted by Gasteiger charge is 2.22. The average Bonchev–Trinajstić information content (AvgIpc) is 2.61. The van der Waals surface area contributed by atoms with Crippen molar-refractivity contribution in [2.45, 2.75) is 26.3 Å². The second-order valence-electron chi connectivity index (χ2n) is 5.97. The van der Waals surface area contributed by atoms with E-state index in [-0.39, 0.29) is 5.91 Å². The van der Waals surface area contributed by atoms with Crippen LogP contribution in [0.15, 0.2) is 36.9 Å². The van der Waals surface area contributed by atoms with Gasteiger partial charge in [0.1, 0.15) is 17.8 Å². The fourth-order valence-corrected chi connectivity index (χ4v) is 2.64. The van der Waals surface area contributed by atoms with E-state index in [0.29, 0.717) is 24.0 Å². The molecule has 1 aliphatic rings. The minimum Gasteiger partial charge on any atom is -0.366 e. The number of amides is 1. The van der Waals surface area contributed by atoms with Gasteiger partial charge in [0.2, 0.25) is 0 Å². The maximum Gasteiger partial charge on any atom is 0.272 e. The Morgan fingerprint density at radius 3 is 2.74 bits per heavy atom. The molecule has 120 valence electrons. The molecule has 3 rings (SSSR count). The molecule has 1 N–H and O–H groups in total. The van der Waals surface area contributed by atoms with Crippen LogP contribution in [0.5, 0.6) is 0 Å². The van der Waals surface area contributed by atoms with Crippen molar-refractivity contribution < 1.29 is 4.79 Å². The number of carbonyl (C=O) groups excluding carboxylic acids is 1. The molecule has 0 spiro atoms. The van der Waals surface area contributed by atoms with Crippen LogP contribution in [0.4, 0.5) is 5.82 Å². The molecule has 2 aromatic rings. The summed E-state index contributed by atoms with van der Waals surface area (Å²) in [5.74, 6) is 1.35. The molecule has 1 aliphatic heterocycles. The van der Waals surface area contributed by atoms with Gasteiger partial charge in [-0.25, -0.2) is 9.97 Å². The Bertz CT molecular complexity index is 653. The average molecular weight is 311 g/mol. The number of likely N-dealkylation sites (tertiary alicyclic amines) is 1. The van der Waals surface area contributed by atoms with E-state index in [9.17, 15) is 4.79 Å². The highest BCUT2D eigenvalue weighted by atomic mass is 16.2. The fourth-order valence-electron chi connectivity index (χ4n) is 2.64. The van der Waals surface area contributed by atoms with Crippen LogP contribution in [0.3, 0.4) is 0 Å². The monoisotopic (exact) mass is 311 g/mol. The highest BCUT2D eigenvalue weighted by molar-refractivity contribution is 5.92. The lowest BCUT2D eigenvalue weighted by Crippen LogP contribution is -2.38. The van der Waals surface area contributed by atoms with Gasteiger partial charge < -0.3 is 10.2 Å². The Hall–Kier alpha value is -2.50. The van der Waals surface area contributed by atoms with Crippen LogP contribution >= 0.6 is 0 Å². The molecule has 0 unspecified atom stereocenters. The third kappa shape index (κ3) is 4.03. The van der Waals surface area contributed by atoms with E-state index >= 15 is 0 Å². The largest absolute Gasteiger partial charge is 0.366 e. The van der Waals surface area contributed by atoms with Gasteiger partial charge >= 0.3 is 0 Å². The number of rotatable bonds is 4. The Balaban J connectivity index is 1.64. The normalized spacial score (nSPS) is 15.4. The van der Waals surface area contributed by atoms with Crippen molar-refractivity contribution >= 4 is 11.7 Å². The predicted molar refractivity (Wildman–Crippen MR) is 87.9 cm³/mol. The molecule has 1 fully saturated rings. The maximum atomic E-state index is 12.5. The summed E-state index contributed by atoms with van der Waals surface area (Å²) in [6, 6.07) is 5.60. The summed E-state index contributed by atoms with van der Waals surface area (Å²) in [4.78, 5) is 26.7. The molecule has 0 saturated carbocycles. The molecule has 1 amide bonds. The van der Waals surface area contributed by atoms with E-state index in [1.54, 1.807) is 18.5 Å². The molecule has 0 aliphatic carbocycles. The molecule has 6 nitrogen and oxygen atoms in total. The Morgan fingerprint density at radius 1 is 1.26 bits per heavy atom. The quantitative estimate of drug-likeness (QED) is 0.938. The van der Waals surface area contributed by atoms with E-state index in [1.807, 2.05) is 17.0 Å². The zero-order valence-corrected chi connectivity index (χ0v) is 13.3. The van der Waals surface area contributed by atoms with Gasteiger partial charge in [-0.05, 0) is 36.5 Å². The summed E-state index contributed by atoms with van der Waals surface area (Å²) in [6.07, 6.45) is 7.06. The predicted octanol–water partition coefficient (Wildman–Crippen LogP) is 2.36. The van der Waals surface area contributed by atoms with E-state index in [2.05, 4.69) is 27.2 Å². The SMILES string of the molecule is CC1CCN(C(=O)c2cc(NCc3ccncc3)ncn2)CC1. The molecule has 23 heavy (non-hydrogen) atoms. The van der Waals surface area contributed by atoms with Crippen molar-refractivity contribution in [1.82, 2.24) is 19.9 Å². The van der Waals surface area contributed by atoms with Gasteiger partial charge in [0.05, 0.1) is 0 Å². The molecule has 2 aromatic heterocycles. The number of hydrogen-bond acceptors (Lipinski definition) is 5. The smallest absolute Gasteiger partial charge is 0.272 e. The standard InChI is InChI=1S/C17H21N5O/c1-13-4-8-22(9-5-13)17(23)15-10-16(21-12-20-15)19-11-14-2-6-18-7-3-14/h2-3,6-7,10,12-13H,4-5,8-9,11H2,1H3,(H,19,20,21). The second kappa shape index (κ2) is 7.17. The van der Waals surface area contributed by atoms with Crippen molar-refractivity contribution in [2.24, 2.45) is 5.92 Å². The zero-order valence-electron chi connectivity index (χ0n) is 13.3. The van der Waals surface area contributed by atoms with Gasteiger partial charge in [-0.15, -0.1) is 0 Å². The number of piperidine rings is 1. The fraction of sp³-hybridized carbons (Fsp3) is 0.412. The maximum absolute atomic E-state index is 12.5. The lowest BCUT2D eigenvalue weighted by Gasteiger charge is -2.30. The third-order valence-electron chi connectivity index (χ3n) is 4.18. The summed E-state index contributed by atoms with van der Waals surface area (Å²) < 4.78 is 0. The number of nitrogens with one attached hydrogen (secondary N) is 1. The molecule has 0 radical (unpaired) electrons. The second-order valence-corrected chi connectivity index (χ2v) is 5.97. The molecule has 1 saturated heterocycles. The molecule has 0 aromatic carbocycles. The van der Waals surface area contributed by atoms with Crippen LogP contribution in [-0.4, -0.2) is 38.8 Å². The van der Waals surface area contributed by atoms with Crippen molar-refractivity contribution in [3.63, 3.8) is 0 Å². The first-order valence-electron chi connectivity index (χ1n) is 7.96. The van der Waals surface area contributed by atoms with Crippen LogP contribution < -0.4 is 5.32 Å². The van der Waals surface area contributed by atoms with Crippen LogP contribution in [0.25, 0.3) is 0 Å². The number of nitrogens with zero attached hydrogens (tertiary/aromatic N) is 4. The summed E-state index contributed by atoms with van der Waals surface area (Å²) in [6.45, 7) is 4.48. The summed E-state index contributed by atoms with van der Waals surface area (Å²) in [5.41, 5.74) is 1.56. The molecule has 6 heteroatoms. The summed E-state index contributed by atoms with van der Waals surface area (Å²) >= 11 is 0. The van der Waals surface area contributed by atoms with Crippen LogP contribution in [0.1, 0.15) is 35.8 Å². The van der Waals surface area contributed by atoms with Gasteiger partial charge in [-0.3, -0.25) is 9.78 Å². The minimum absolute atomic E-state index is 0.00809. The first-order chi connectivity index (χ1) is 11.2. The first kappa shape index (κ1) is 15.4. The van der Waals surface area contributed by atoms with Crippen molar-refractivity contribution in [3.8, 4) is 0 Å². The number of carbonyl (C=O) groups is 1. The Labute approximate surface area is 136 Å². The van der Waals surface area contributed by atoms with Gasteiger partial charge in [-0.2, -0.15) is 0 Å². The topological polar surface area (TPSA) is 71.0 Å². The number of pyridine rings is 1. The van der Waals surface area contributed by atoms with Crippen molar-refractivity contribution in [2.75, 3.05) is 18.4 Å². The van der Waals surface area contributed by atoms with Crippen LogP contribution in [-0.2, 0) is 6.54 Å². The van der Waals surface area contributed by atoms with Crippen molar-refractivity contribution in [3.05, 3.63) is 48.2 Å².